The van der Waals surface area contributed by atoms with E-state index in [0.29, 0.717) is 24.7 Å². The Bertz CT molecular complexity index is 1130. The molecule has 1 aromatic heterocycles. The molecule has 0 radical (unpaired) electrons. The van der Waals surface area contributed by atoms with Gasteiger partial charge in [0.1, 0.15) is 23.2 Å². The van der Waals surface area contributed by atoms with Crippen LogP contribution in [-0.2, 0) is 17.8 Å². The van der Waals surface area contributed by atoms with E-state index in [9.17, 15) is 9.90 Å². The van der Waals surface area contributed by atoms with Crippen LogP contribution in [0.3, 0.4) is 0 Å². The molecule has 4 rings (SSSR count). The molecule has 184 valence electrons. The molecule has 1 saturated heterocycles. The molecule has 0 bridgehead atoms. The monoisotopic (exact) mass is 496 g/mol. The first-order valence-electron chi connectivity index (χ1n) is 11.1. The maximum Gasteiger partial charge on any atom is 0.351 e. The number of aliphatic hydroxyl groups excluding tert-OH is 1. The molecule has 10 heteroatoms. The molecule has 9 nitrogen and oxygen atoms in total. The average Bonchev–Trinajstić information content (AvgIpc) is 3.37. The minimum absolute atomic E-state index is 0.0933. The summed E-state index contributed by atoms with van der Waals surface area (Å²) in [5.74, 6) is 2.48. The van der Waals surface area contributed by atoms with E-state index in [4.69, 9.17) is 14.2 Å². The average molecular weight is 497 g/mol. The molecule has 2 heterocycles. The summed E-state index contributed by atoms with van der Waals surface area (Å²) in [5, 5.41) is 9.24. The second-order valence-electron chi connectivity index (χ2n) is 7.86. The van der Waals surface area contributed by atoms with Crippen molar-refractivity contribution in [3.05, 3.63) is 82.4 Å². The highest BCUT2D eigenvalue weighted by molar-refractivity contribution is 8.00. The Morgan fingerprint density at radius 3 is 2.17 bits per heavy atom. The molecule has 0 amide bonds. The predicted molar refractivity (Wildman–Crippen MR) is 135 cm³/mol. The van der Waals surface area contributed by atoms with Gasteiger partial charge in [0, 0.05) is 25.0 Å². The lowest BCUT2D eigenvalue weighted by Gasteiger charge is -2.20. The zero-order chi connectivity index (χ0) is 24.6. The smallest absolute Gasteiger partial charge is 0.351 e. The summed E-state index contributed by atoms with van der Waals surface area (Å²) in [7, 11) is 3.28. The SMILES string of the molecule is COc1ccc(CN(C=Nc2ccn([C@H]3CS[C@@H](CO)O3)c(=O)n2)Cc2ccc(OC)cc2)cc1. The van der Waals surface area contributed by atoms with E-state index in [0.717, 1.165) is 22.6 Å². The maximum absolute atomic E-state index is 12.6. The zero-order valence-electron chi connectivity index (χ0n) is 19.6. The maximum atomic E-state index is 12.6. The molecule has 1 N–H and O–H groups in total. The van der Waals surface area contributed by atoms with Crippen molar-refractivity contribution in [1.82, 2.24) is 14.5 Å². The lowest BCUT2D eigenvalue weighted by Crippen LogP contribution is -2.28. The number of aliphatic hydroxyl groups is 1. The summed E-state index contributed by atoms with van der Waals surface area (Å²) in [5.41, 5.74) is 1.40. The van der Waals surface area contributed by atoms with E-state index in [1.54, 1.807) is 32.8 Å². The number of thioether (sulfide) groups is 1. The van der Waals surface area contributed by atoms with Crippen molar-refractivity contribution in [1.29, 1.82) is 0 Å². The van der Waals surface area contributed by atoms with Crippen molar-refractivity contribution in [2.75, 3.05) is 26.6 Å². The van der Waals surface area contributed by atoms with E-state index >= 15 is 0 Å². The van der Waals surface area contributed by atoms with E-state index < -0.39 is 11.9 Å². The van der Waals surface area contributed by atoms with Gasteiger partial charge in [0.15, 0.2) is 5.82 Å². The van der Waals surface area contributed by atoms with Gasteiger partial charge in [0.05, 0.1) is 27.2 Å². The van der Waals surface area contributed by atoms with Crippen LogP contribution in [0.25, 0.3) is 0 Å². The highest BCUT2D eigenvalue weighted by atomic mass is 32.2. The van der Waals surface area contributed by atoms with E-state index in [1.165, 1.54) is 16.3 Å². The largest absolute Gasteiger partial charge is 0.497 e. The van der Waals surface area contributed by atoms with Gasteiger partial charge in [-0.05, 0) is 41.5 Å². The molecule has 1 fully saturated rings. The lowest BCUT2D eigenvalue weighted by atomic mass is 10.1. The first-order chi connectivity index (χ1) is 17.1. The Kier molecular flexibility index (Phi) is 8.40. The highest BCUT2D eigenvalue weighted by Gasteiger charge is 2.27. The first kappa shape index (κ1) is 24.8. The fourth-order valence-corrected chi connectivity index (χ4v) is 4.52. The van der Waals surface area contributed by atoms with E-state index in [2.05, 4.69) is 9.98 Å². The van der Waals surface area contributed by atoms with Gasteiger partial charge in [-0.15, -0.1) is 11.8 Å². The molecule has 0 spiro atoms. The van der Waals surface area contributed by atoms with Gasteiger partial charge >= 0.3 is 5.69 Å². The molecule has 1 aliphatic heterocycles. The first-order valence-corrected chi connectivity index (χ1v) is 12.1. The summed E-state index contributed by atoms with van der Waals surface area (Å²) in [6.07, 6.45) is 2.88. The number of benzene rings is 2. The second-order valence-corrected chi connectivity index (χ2v) is 9.05. The van der Waals surface area contributed by atoms with Crippen LogP contribution in [0, 0.1) is 0 Å². The fourth-order valence-electron chi connectivity index (χ4n) is 3.59. The third-order valence-electron chi connectivity index (χ3n) is 5.45. The summed E-state index contributed by atoms with van der Waals surface area (Å²) in [6, 6.07) is 17.4. The number of ether oxygens (including phenoxy) is 3. The Labute approximate surface area is 208 Å². The topological polar surface area (TPSA) is 98.4 Å². The van der Waals surface area contributed by atoms with Gasteiger partial charge in [-0.2, -0.15) is 4.98 Å². The quantitative estimate of drug-likeness (QED) is 0.338. The Hall–Kier alpha value is -3.34. The number of aromatic nitrogens is 2. The predicted octanol–water partition coefficient (Wildman–Crippen LogP) is 3.20. The van der Waals surface area contributed by atoms with Crippen LogP contribution in [0.2, 0.25) is 0 Å². The van der Waals surface area contributed by atoms with Crippen LogP contribution >= 0.6 is 11.8 Å². The normalized spacial score (nSPS) is 17.6. The summed E-state index contributed by atoms with van der Waals surface area (Å²) < 4.78 is 17.6. The highest BCUT2D eigenvalue weighted by Crippen LogP contribution is 2.30. The van der Waals surface area contributed by atoms with Crippen LogP contribution in [0.15, 0.2) is 70.6 Å². The molecule has 2 atom stereocenters. The molecule has 35 heavy (non-hydrogen) atoms. The van der Waals surface area contributed by atoms with Crippen molar-refractivity contribution < 1.29 is 19.3 Å². The van der Waals surface area contributed by atoms with Crippen molar-refractivity contribution in [2.24, 2.45) is 4.99 Å². The fraction of sp³-hybridized carbons (Fsp3) is 0.320. The van der Waals surface area contributed by atoms with Crippen LogP contribution in [0.4, 0.5) is 5.82 Å². The van der Waals surface area contributed by atoms with Crippen LogP contribution in [0.5, 0.6) is 11.5 Å². The van der Waals surface area contributed by atoms with Crippen LogP contribution in [-0.4, -0.2) is 57.9 Å². The molecule has 1 aliphatic rings. The van der Waals surface area contributed by atoms with Gasteiger partial charge in [0.2, 0.25) is 0 Å². The molecule has 0 saturated carbocycles. The van der Waals surface area contributed by atoms with Crippen molar-refractivity contribution in [2.45, 2.75) is 24.8 Å². The minimum Gasteiger partial charge on any atom is -0.497 e. The molecule has 0 unspecified atom stereocenters. The van der Waals surface area contributed by atoms with Crippen LogP contribution in [0.1, 0.15) is 17.4 Å². The van der Waals surface area contributed by atoms with Gasteiger partial charge in [-0.25, -0.2) is 9.79 Å². The molecule has 0 aliphatic carbocycles. The zero-order valence-corrected chi connectivity index (χ0v) is 20.4. The van der Waals surface area contributed by atoms with Gasteiger partial charge in [0.25, 0.3) is 0 Å². The molecule has 3 aromatic rings. The van der Waals surface area contributed by atoms with Crippen molar-refractivity contribution in [3.8, 4) is 11.5 Å². The Balaban J connectivity index is 1.51. The van der Waals surface area contributed by atoms with Gasteiger partial charge in [-0.3, -0.25) is 4.57 Å². The number of hydrogen-bond donors (Lipinski definition) is 1. The Morgan fingerprint density at radius 2 is 1.69 bits per heavy atom. The number of rotatable bonds is 10. The third kappa shape index (κ3) is 6.62. The van der Waals surface area contributed by atoms with Gasteiger partial charge in [-0.1, -0.05) is 24.3 Å². The van der Waals surface area contributed by atoms with Gasteiger partial charge < -0.3 is 24.2 Å². The summed E-state index contributed by atoms with van der Waals surface area (Å²) in [6.45, 7) is 1.11. The lowest BCUT2D eigenvalue weighted by molar-refractivity contribution is -0.00630. The number of hydrogen-bond acceptors (Lipinski definition) is 8. The minimum atomic E-state index is -0.447. The number of methoxy groups -OCH3 is 2. The second kappa shape index (κ2) is 11.9. The van der Waals surface area contributed by atoms with E-state index in [-0.39, 0.29) is 12.0 Å². The summed E-state index contributed by atoms with van der Waals surface area (Å²) in [4.78, 5) is 23.2. The van der Waals surface area contributed by atoms with Crippen molar-refractivity contribution >= 4 is 23.9 Å². The van der Waals surface area contributed by atoms with Crippen molar-refractivity contribution in [3.63, 3.8) is 0 Å². The standard InChI is InChI=1S/C25H28N4O5S/c1-32-20-7-3-18(4-8-20)13-28(14-19-5-9-21(33-2)10-6-19)17-26-22-11-12-29(25(31)27-22)23-16-35-24(15-30)34-23/h3-12,17,23-24,30H,13-16H2,1-2H3/t23-,24+/m1/s1. The number of aliphatic imine (C=N–C) groups is 1. The van der Waals surface area contributed by atoms with Crippen LogP contribution < -0.4 is 15.2 Å². The summed E-state index contributed by atoms with van der Waals surface area (Å²) >= 11 is 1.47. The Morgan fingerprint density at radius 1 is 1.09 bits per heavy atom. The third-order valence-corrected chi connectivity index (χ3v) is 6.56. The van der Waals surface area contributed by atoms with E-state index in [1.807, 2.05) is 53.4 Å². The number of nitrogens with zero attached hydrogens (tertiary/aromatic N) is 4. The molecular formula is C25H28N4O5S. The molecular weight excluding hydrogens is 468 g/mol. The molecule has 2 aromatic carbocycles.